The summed E-state index contributed by atoms with van der Waals surface area (Å²) in [5.41, 5.74) is 1.39. The minimum absolute atomic E-state index is 0.191. The Morgan fingerprint density at radius 3 is 2.76 bits per heavy atom. The van der Waals surface area contributed by atoms with Crippen LogP contribution in [0.1, 0.15) is 5.56 Å². The number of rotatable bonds is 2. The fourth-order valence-electron chi connectivity index (χ4n) is 1.11. The van der Waals surface area contributed by atoms with Crippen molar-refractivity contribution in [2.24, 2.45) is 0 Å². The Morgan fingerprint density at radius 1 is 1.41 bits per heavy atom. The molecule has 0 spiro atoms. The summed E-state index contributed by atoms with van der Waals surface area (Å²) in [7, 11) is 0. The molecule has 1 rings (SSSR count). The molecule has 0 bridgehead atoms. The monoisotopic (exact) mass is 295 g/mol. The van der Waals surface area contributed by atoms with Crippen LogP contribution >= 0.6 is 15.9 Å². The van der Waals surface area contributed by atoms with Gasteiger partial charge in [-0.1, -0.05) is 22.0 Å². The lowest BCUT2D eigenvalue weighted by atomic mass is 10.2. The van der Waals surface area contributed by atoms with Crippen molar-refractivity contribution in [3.05, 3.63) is 28.2 Å². The molecule has 5 nitrogen and oxygen atoms in total. The third kappa shape index (κ3) is 3.89. The summed E-state index contributed by atoms with van der Waals surface area (Å²) in [6, 6.07) is 7.06. The van der Waals surface area contributed by atoms with Gasteiger partial charge in [-0.15, -0.1) is 0 Å². The number of nitrogens with zero attached hydrogens (tertiary/aromatic N) is 1. The first-order chi connectivity index (χ1) is 8.04. The van der Waals surface area contributed by atoms with E-state index in [1.807, 2.05) is 19.1 Å². The average molecular weight is 296 g/mol. The van der Waals surface area contributed by atoms with Crippen LogP contribution in [0.5, 0.6) is 0 Å². The molecule has 17 heavy (non-hydrogen) atoms. The third-order valence-corrected chi connectivity index (χ3v) is 2.48. The number of nitriles is 1. The van der Waals surface area contributed by atoms with Crippen molar-refractivity contribution in [3.8, 4) is 6.07 Å². The molecular formula is C11H10BrN3O2. The SMILES string of the molecule is Cc1ccc(Br)cc1NC(=O)C(=O)NCC#N. The van der Waals surface area contributed by atoms with Crippen molar-refractivity contribution in [1.82, 2.24) is 5.32 Å². The van der Waals surface area contributed by atoms with Crippen LogP contribution in [0, 0.1) is 18.3 Å². The summed E-state index contributed by atoms with van der Waals surface area (Å²) in [6.07, 6.45) is 0. The van der Waals surface area contributed by atoms with Crippen LogP contribution in [0.3, 0.4) is 0 Å². The summed E-state index contributed by atoms with van der Waals surface area (Å²) in [5, 5.41) is 12.9. The molecule has 88 valence electrons. The lowest BCUT2D eigenvalue weighted by molar-refractivity contribution is -0.136. The zero-order chi connectivity index (χ0) is 12.8. The summed E-state index contributed by atoms with van der Waals surface area (Å²) in [5.74, 6) is -1.62. The summed E-state index contributed by atoms with van der Waals surface area (Å²) >= 11 is 3.27. The fraction of sp³-hybridized carbons (Fsp3) is 0.182. The van der Waals surface area contributed by atoms with Crippen molar-refractivity contribution in [2.75, 3.05) is 11.9 Å². The van der Waals surface area contributed by atoms with E-state index in [2.05, 4.69) is 26.6 Å². The molecule has 0 atom stereocenters. The van der Waals surface area contributed by atoms with Crippen LogP contribution in [0.4, 0.5) is 5.69 Å². The maximum atomic E-state index is 11.4. The second-order valence-corrected chi connectivity index (χ2v) is 4.17. The van der Waals surface area contributed by atoms with E-state index in [4.69, 9.17) is 5.26 Å². The second-order valence-electron chi connectivity index (χ2n) is 3.25. The molecule has 0 aliphatic carbocycles. The first-order valence-corrected chi connectivity index (χ1v) is 5.56. The number of carbonyl (C=O) groups is 2. The highest BCUT2D eigenvalue weighted by molar-refractivity contribution is 9.10. The van der Waals surface area contributed by atoms with Crippen LogP contribution in [0.25, 0.3) is 0 Å². The lowest BCUT2D eigenvalue weighted by Crippen LogP contribution is -2.35. The van der Waals surface area contributed by atoms with E-state index in [0.29, 0.717) is 5.69 Å². The highest BCUT2D eigenvalue weighted by Gasteiger charge is 2.13. The standard InChI is InChI=1S/C11H10BrN3O2/c1-7-2-3-8(12)6-9(7)15-11(17)10(16)14-5-4-13/h2-3,6H,5H2,1H3,(H,14,16)(H,15,17). The maximum absolute atomic E-state index is 11.4. The molecule has 0 aromatic heterocycles. The Bertz CT molecular complexity index is 494. The van der Waals surface area contributed by atoms with Gasteiger partial charge in [0.1, 0.15) is 6.54 Å². The van der Waals surface area contributed by atoms with Gasteiger partial charge in [0.2, 0.25) is 0 Å². The minimum atomic E-state index is -0.828. The van der Waals surface area contributed by atoms with Gasteiger partial charge in [-0.3, -0.25) is 9.59 Å². The largest absolute Gasteiger partial charge is 0.335 e. The lowest BCUT2D eigenvalue weighted by Gasteiger charge is -2.08. The minimum Gasteiger partial charge on any atom is -0.335 e. The Labute approximate surface area is 107 Å². The topological polar surface area (TPSA) is 82.0 Å². The molecule has 0 heterocycles. The molecule has 1 aromatic rings. The smallest absolute Gasteiger partial charge is 0.313 e. The van der Waals surface area contributed by atoms with Crippen LogP contribution in [-0.2, 0) is 9.59 Å². The van der Waals surface area contributed by atoms with Gasteiger partial charge in [0.25, 0.3) is 0 Å². The molecule has 0 aliphatic rings. The number of hydrogen-bond donors (Lipinski definition) is 2. The molecule has 0 saturated heterocycles. The van der Waals surface area contributed by atoms with Gasteiger partial charge in [-0.2, -0.15) is 5.26 Å². The van der Waals surface area contributed by atoms with Crippen molar-refractivity contribution in [1.29, 1.82) is 5.26 Å². The summed E-state index contributed by atoms with van der Waals surface area (Å²) in [6.45, 7) is 1.62. The summed E-state index contributed by atoms with van der Waals surface area (Å²) in [4.78, 5) is 22.7. The first kappa shape index (κ1) is 13.2. The molecule has 0 saturated carbocycles. The van der Waals surface area contributed by atoms with Crippen LogP contribution in [0.2, 0.25) is 0 Å². The first-order valence-electron chi connectivity index (χ1n) is 4.77. The molecular weight excluding hydrogens is 286 g/mol. The Morgan fingerprint density at radius 2 is 2.12 bits per heavy atom. The predicted octanol–water partition coefficient (Wildman–Crippen LogP) is 1.34. The van der Waals surface area contributed by atoms with E-state index < -0.39 is 11.8 Å². The fourth-order valence-corrected chi connectivity index (χ4v) is 1.47. The molecule has 0 radical (unpaired) electrons. The van der Waals surface area contributed by atoms with Crippen molar-refractivity contribution >= 4 is 33.4 Å². The van der Waals surface area contributed by atoms with E-state index in [1.165, 1.54) is 0 Å². The number of carbonyl (C=O) groups excluding carboxylic acids is 2. The number of anilines is 1. The quantitative estimate of drug-likeness (QED) is 0.638. The highest BCUT2D eigenvalue weighted by atomic mass is 79.9. The Kier molecular flexibility index (Phi) is 4.67. The van der Waals surface area contributed by atoms with Crippen LogP contribution < -0.4 is 10.6 Å². The van der Waals surface area contributed by atoms with E-state index in [0.717, 1.165) is 10.0 Å². The maximum Gasteiger partial charge on any atom is 0.313 e. The summed E-state index contributed by atoms with van der Waals surface area (Å²) < 4.78 is 0.802. The zero-order valence-electron chi connectivity index (χ0n) is 9.08. The van der Waals surface area contributed by atoms with Gasteiger partial charge in [0, 0.05) is 10.2 Å². The van der Waals surface area contributed by atoms with Crippen molar-refractivity contribution in [2.45, 2.75) is 6.92 Å². The van der Waals surface area contributed by atoms with E-state index in [1.54, 1.807) is 12.1 Å². The molecule has 2 amide bonds. The number of aryl methyl sites for hydroxylation is 1. The number of nitrogens with one attached hydrogen (secondary N) is 2. The molecule has 6 heteroatoms. The second kappa shape index (κ2) is 6.01. The molecule has 0 fully saturated rings. The number of halogens is 1. The van der Waals surface area contributed by atoms with Gasteiger partial charge < -0.3 is 10.6 Å². The molecule has 1 aromatic carbocycles. The molecule has 2 N–H and O–H groups in total. The number of benzene rings is 1. The van der Waals surface area contributed by atoms with Crippen LogP contribution in [0.15, 0.2) is 22.7 Å². The highest BCUT2D eigenvalue weighted by Crippen LogP contribution is 2.20. The van der Waals surface area contributed by atoms with E-state index in [-0.39, 0.29) is 6.54 Å². The van der Waals surface area contributed by atoms with E-state index in [9.17, 15) is 9.59 Å². The normalized spacial score (nSPS) is 9.24. The van der Waals surface area contributed by atoms with Crippen molar-refractivity contribution < 1.29 is 9.59 Å². The number of amides is 2. The predicted molar refractivity (Wildman–Crippen MR) is 66.1 cm³/mol. The number of hydrogen-bond acceptors (Lipinski definition) is 3. The van der Waals surface area contributed by atoms with Crippen molar-refractivity contribution in [3.63, 3.8) is 0 Å². The average Bonchev–Trinajstić information content (AvgIpc) is 2.30. The van der Waals surface area contributed by atoms with Gasteiger partial charge in [0.05, 0.1) is 6.07 Å². The Hall–Kier alpha value is -1.87. The third-order valence-electron chi connectivity index (χ3n) is 1.98. The molecule has 0 aliphatic heterocycles. The van der Waals surface area contributed by atoms with Gasteiger partial charge in [-0.25, -0.2) is 0 Å². The van der Waals surface area contributed by atoms with E-state index >= 15 is 0 Å². The van der Waals surface area contributed by atoms with Gasteiger partial charge in [-0.05, 0) is 24.6 Å². The van der Waals surface area contributed by atoms with Gasteiger partial charge in [0.15, 0.2) is 0 Å². The molecule has 0 unspecified atom stereocenters. The van der Waals surface area contributed by atoms with Gasteiger partial charge >= 0.3 is 11.8 Å². The zero-order valence-corrected chi connectivity index (χ0v) is 10.7. The Balaban J connectivity index is 2.71. The van der Waals surface area contributed by atoms with Crippen LogP contribution in [-0.4, -0.2) is 18.4 Å².